The normalized spacial score (nSPS) is 12.7. The molecule has 1 amide bonds. The number of hydrogen-bond donors (Lipinski definition) is 2. The summed E-state index contributed by atoms with van der Waals surface area (Å²) in [4.78, 5) is 16.3. The van der Waals surface area contributed by atoms with E-state index in [-0.39, 0.29) is 35.2 Å². The van der Waals surface area contributed by atoms with Crippen molar-refractivity contribution in [2.75, 3.05) is 45.1 Å². The topological polar surface area (TPSA) is 134 Å². The first kappa shape index (κ1) is 26.9. The second-order valence-electron chi connectivity index (χ2n) is 8.83. The molecule has 0 bridgehead atoms. The number of benzene rings is 3. The summed E-state index contributed by atoms with van der Waals surface area (Å²) in [6.07, 6.45) is 1.93. The number of rotatable bonds is 9. The fourth-order valence-corrected chi connectivity index (χ4v) is 5.59. The summed E-state index contributed by atoms with van der Waals surface area (Å²) >= 11 is 0. The fourth-order valence-electron chi connectivity index (χ4n) is 4.48. The molecule has 208 valence electrons. The van der Waals surface area contributed by atoms with Gasteiger partial charge in [-0.25, -0.2) is 8.42 Å². The smallest absolute Gasteiger partial charge is 0.262 e. The van der Waals surface area contributed by atoms with E-state index in [9.17, 15) is 13.2 Å². The van der Waals surface area contributed by atoms with Crippen LogP contribution in [0.5, 0.6) is 28.7 Å². The van der Waals surface area contributed by atoms with Gasteiger partial charge in [-0.2, -0.15) is 0 Å². The first-order valence-electron chi connectivity index (χ1n) is 12.1. The lowest BCUT2D eigenvalue weighted by Gasteiger charge is -2.20. The Bertz CT molecular complexity index is 1720. The maximum absolute atomic E-state index is 13.5. The zero-order valence-electron chi connectivity index (χ0n) is 22.2. The number of ether oxygens (including phenoxy) is 5. The van der Waals surface area contributed by atoms with Gasteiger partial charge in [0, 0.05) is 24.1 Å². The van der Waals surface area contributed by atoms with Gasteiger partial charge < -0.3 is 29.0 Å². The van der Waals surface area contributed by atoms with Crippen LogP contribution in [0, 0.1) is 0 Å². The van der Waals surface area contributed by atoms with Gasteiger partial charge in [-0.15, -0.1) is 0 Å². The maximum atomic E-state index is 13.5. The average Bonchev–Trinajstić information content (AvgIpc) is 2.96. The van der Waals surface area contributed by atoms with E-state index in [0.717, 1.165) is 10.8 Å². The molecule has 0 fully saturated rings. The van der Waals surface area contributed by atoms with Crippen molar-refractivity contribution in [3.63, 3.8) is 0 Å². The van der Waals surface area contributed by atoms with E-state index in [1.807, 2.05) is 18.2 Å². The Kier molecular flexibility index (Phi) is 7.26. The van der Waals surface area contributed by atoms with E-state index in [2.05, 4.69) is 15.0 Å². The number of nitrogens with zero attached hydrogens (tertiary/aromatic N) is 1. The molecule has 0 unspecified atom stereocenters. The predicted molar refractivity (Wildman–Crippen MR) is 149 cm³/mol. The van der Waals surface area contributed by atoms with Crippen LogP contribution in [0.2, 0.25) is 0 Å². The molecule has 2 N–H and O–H groups in total. The fraction of sp³-hybridized carbons (Fsp3) is 0.214. The molecule has 2 heterocycles. The molecule has 1 aliphatic heterocycles. The molecule has 1 aliphatic rings. The van der Waals surface area contributed by atoms with Crippen LogP contribution in [0.1, 0.15) is 11.3 Å². The Morgan fingerprint density at radius 2 is 1.57 bits per heavy atom. The van der Waals surface area contributed by atoms with Gasteiger partial charge in [-0.05, 0) is 53.4 Å². The standard InChI is InChI=1S/C28H27N3O8S/c1-35-24-10-16-7-8-29-21(19(16)13-26(24)37-3)9-17-11-25(36-2)27(38-4)14-20(17)31-40(33,34)18-5-6-23-22(12-18)30-28(32)15-39-23/h5-8,10-14,31H,9,15H2,1-4H3,(H,30,32). The van der Waals surface area contributed by atoms with E-state index in [0.29, 0.717) is 40.0 Å². The summed E-state index contributed by atoms with van der Waals surface area (Å²) in [6.45, 7) is -0.132. The van der Waals surface area contributed by atoms with Gasteiger partial charge in [0.2, 0.25) is 0 Å². The third-order valence-electron chi connectivity index (χ3n) is 6.46. The number of pyridine rings is 1. The van der Waals surface area contributed by atoms with Crippen molar-refractivity contribution in [3.05, 3.63) is 66.0 Å². The molecule has 0 saturated heterocycles. The summed E-state index contributed by atoms with van der Waals surface area (Å²) < 4.78 is 56.9. The number of carbonyl (C=O) groups is 1. The van der Waals surface area contributed by atoms with Gasteiger partial charge in [0.1, 0.15) is 5.75 Å². The average molecular weight is 566 g/mol. The van der Waals surface area contributed by atoms with Crippen molar-refractivity contribution in [2.45, 2.75) is 11.3 Å². The molecule has 3 aromatic carbocycles. The van der Waals surface area contributed by atoms with Crippen LogP contribution in [0.15, 0.2) is 59.6 Å². The Morgan fingerprint density at radius 1 is 0.900 bits per heavy atom. The minimum atomic E-state index is -4.10. The van der Waals surface area contributed by atoms with Crippen LogP contribution in [-0.2, 0) is 21.2 Å². The van der Waals surface area contributed by atoms with Gasteiger partial charge in [-0.1, -0.05) is 0 Å². The van der Waals surface area contributed by atoms with Crippen LogP contribution < -0.4 is 33.7 Å². The monoisotopic (exact) mass is 565 g/mol. The maximum Gasteiger partial charge on any atom is 0.262 e. The number of amides is 1. The molecule has 0 saturated carbocycles. The molecular weight excluding hydrogens is 538 g/mol. The lowest BCUT2D eigenvalue weighted by atomic mass is 10.0. The minimum absolute atomic E-state index is 0.0575. The molecule has 0 aliphatic carbocycles. The number of fused-ring (bicyclic) bond motifs is 2. The van der Waals surface area contributed by atoms with Crippen molar-refractivity contribution in [3.8, 4) is 28.7 Å². The number of anilines is 2. The third-order valence-corrected chi connectivity index (χ3v) is 7.82. The molecule has 0 atom stereocenters. The number of hydrogen-bond acceptors (Lipinski definition) is 9. The number of methoxy groups -OCH3 is 4. The van der Waals surface area contributed by atoms with Crippen LogP contribution >= 0.6 is 0 Å². The molecule has 0 radical (unpaired) electrons. The molecule has 12 heteroatoms. The van der Waals surface area contributed by atoms with Crippen molar-refractivity contribution >= 4 is 38.1 Å². The van der Waals surface area contributed by atoms with E-state index >= 15 is 0 Å². The number of nitrogens with one attached hydrogen (secondary N) is 2. The summed E-state index contributed by atoms with van der Waals surface area (Å²) in [6, 6.07) is 13.1. The summed E-state index contributed by atoms with van der Waals surface area (Å²) in [7, 11) is 1.99. The molecule has 5 rings (SSSR count). The van der Waals surface area contributed by atoms with Gasteiger partial charge in [0.05, 0.1) is 50.4 Å². The number of aromatic nitrogens is 1. The van der Waals surface area contributed by atoms with E-state index < -0.39 is 10.0 Å². The van der Waals surface area contributed by atoms with Crippen LogP contribution in [-0.4, -0.2) is 54.4 Å². The number of carbonyl (C=O) groups excluding carboxylic acids is 1. The predicted octanol–water partition coefficient (Wildman–Crippen LogP) is 3.99. The lowest BCUT2D eigenvalue weighted by molar-refractivity contribution is -0.118. The Balaban J connectivity index is 1.57. The highest BCUT2D eigenvalue weighted by atomic mass is 32.2. The molecule has 1 aromatic heterocycles. The Morgan fingerprint density at radius 3 is 2.30 bits per heavy atom. The van der Waals surface area contributed by atoms with E-state index in [1.165, 1.54) is 32.4 Å². The SMILES string of the molecule is COc1cc(Cc2nccc3cc(OC)c(OC)cc23)c(NS(=O)(=O)c2ccc3c(c2)NC(=O)CO3)cc1OC. The molecule has 0 spiro atoms. The quantitative estimate of drug-likeness (QED) is 0.309. The second-order valence-corrected chi connectivity index (χ2v) is 10.5. The third kappa shape index (κ3) is 5.13. The Labute approximate surface area is 231 Å². The Hall–Kier alpha value is -4.71. The van der Waals surface area contributed by atoms with E-state index in [1.54, 1.807) is 32.5 Å². The summed E-state index contributed by atoms with van der Waals surface area (Å²) in [5.41, 5.74) is 1.82. The van der Waals surface area contributed by atoms with Crippen LogP contribution in [0.25, 0.3) is 10.8 Å². The highest BCUT2D eigenvalue weighted by Crippen LogP contribution is 2.38. The zero-order chi connectivity index (χ0) is 28.4. The van der Waals surface area contributed by atoms with Gasteiger partial charge in [-0.3, -0.25) is 14.5 Å². The lowest BCUT2D eigenvalue weighted by Crippen LogP contribution is -2.25. The zero-order valence-corrected chi connectivity index (χ0v) is 23.0. The van der Waals surface area contributed by atoms with Crippen molar-refractivity contribution in [1.82, 2.24) is 4.98 Å². The van der Waals surface area contributed by atoms with Crippen molar-refractivity contribution < 1.29 is 36.9 Å². The number of sulfonamides is 1. The molecule has 11 nitrogen and oxygen atoms in total. The van der Waals surface area contributed by atoms with Gasteiger partial charge in [0.25, 0.3) is 15.9 Å². The highest BCUT2D eigenvalue weighted by Gasteiger charge is 2.23. The van der Waals surface area contributed by atoms with Crippen molar-refractivity contribution in [1.29, 1.82) is 0 Å². The largest absolute Gasteiger partial charge is 0.493 e. The van der Waals surface area contributed by atoms with Crippen LogP contribution in [0.4, 0.5) is 11.4 Å². The summed E-state index contributed by atoms with van der Waals surface area (Å²) in [5, 5.41) is 4.32. The first-order chi connectivity index (χ1) is 19.3. The van der Waals surface area contributed by atoms with Gasteiger partial charge in [0.15, 0.2) is 29.6 Å². The second kappa shape index (κ2) is 10.8. The van der Waals surface area contributed by atoms with E-state index in [4.69, 9.17) is 23.7 Å². The molecule has 4 aromatic rings. The first-order valence-corrected chi connectivity index (χ1v) is 13.6. The molecular formula is C28H27N3O8S. The van der Waals surface area contributed by atoms with Crippen molar-refractivity contribution in [2.24, 2.45) is 0 Å². The molecule has 40 heavy (non-hydrogen) atoms. The minimum Gasteiger partial charge on any atom is -0.493 e. The van der Waals surface area contributed by atoms with Crippen LogP contribution in [0.3, 0.4) is 0 Å². The van der Waals surface area contributed by atoms with Gasteiger partial charge >= 0.3 is 0 Å². The summed E-state index contributed by atoms with van der Waals surface area (Å²) in [5.74, 6) is 1.91. The highest BCUT2D eigenvalue weighted by molar-refractivity contribution is 7.92.